The third-order valence-corrected chi connectivity index (χ3v) is 2.70. The monoisotopic (exact) mass is 222 g/mol. The van der Waals surface area contributed by atoms with Crippen LogP contribution in [0.15, 0.2) is 18.3 Å². The highest BCUT2D eigenvalue weighted by atomic mass is 16.7. The summed E-state index contributed by atoms with van der Waals surface area (Å²) in [5.74, 6) is 0.268. The van der Waals surface area contributed by atoms with Gasteiger partial charge in [-0.1, -0.05) is 17.9 Å². The van der Waals surface area contributed by atoms with Gasteiger partial charge in [-0.3, -0.25) is 0 Å². The molecule has 0 amide bonds. The molecule has 6 heteroatoms. The van der Waals surface area contributed by atoms with E-state index in [1.807, 2.05) is 11.5 Å². The van der Waals surface area contributed by atoms with Gasteiger partial charge in [0.15, 0.2) is 10.9 Å². The summed E-state index contributed by atoms with van der Waals surface area (Å²) in [4.78, 5) is 14.2. The van der Waals surface area contributed by atoms with E-state index in [4.69, 9.17) is 0 Å². The lowest BCUT2D eigenvalue weighted by atomic mass is 9.99. The predicted octanol–water partition coefficient (Wildman–Crippen LogP) is 1.50. The number of hydrazine groups is 1. The van der Waals surface area contributed by atoms with E-state index < -0.39 is 5.03 Å². The highest BCUT2D eigenvalue weighted by Crippen LogP contribution is 2.22. The SMILES string of the molecule is O=[N+]([O-])Nc1ccc(C2CCCCN2)cn1. The lowest BCUT2D eigenvalue weighted by molar-refractivity contribution is -0.445. The topological polar surface area (TPSA) is 80.1 Å². The molecule has 1 saturated heterocycles. The van der Waals surface area contributed by atoms with E-state index in [1.165, 1.54) is 12.8 Å². The minimum absolute atomic E-state index is 0.268. The van der Waals surface area contributed by atoms with Crippen molar-refractivity contribution in [1.29, 1.82) is 0 Å². The zero-order chi connectivity index (χ0) is 11.4. The molecule has 1 fully saturated rings. The Bertz CT molecular complexity index is 360. The molecule has 6 nitrogen and oxygen atoms in total. The summed E-state index contributed by atoms with van der Waals surface area (Å²) in [6.45, 7) is 1.03. The maximum Gasteiger partial charge on any atom is 0.190 e. The fourth-order valence-electron chi connectivity index (χ4n) is 1.91. The first-order chi connectivity index (χ1) is 7.75. The van der Waals surface area contributed by atoms with Crippen LogP contribution in [0.5, 0.6) is 0 Å². The fraction of sp³-hybridized carbons (Fsp3) is 0.500. The number of nitrogens with one attached hydrogen (secondary N) is 2. The molecule has 1 aromatic rings. The van der Waals surface area contributed by atoms with Gasteiger partial charge < -0.3 is 5.32 Å². The zero-order valence-corrected chi connectivity index (χ0v) is 8.85. The summed E-state index contributed by atoms with van der Waals surface area (Å²) < 4.78 is 0. The average Bonchev–Trinajstić information content (AvgIpc) is 2.30. The average molecular weight is 222 g/mol. The van der Waals surface area contributed by atoms with Gasteiger partial charge in [0.05, 0.1) is 0 Å². The lowest BCUT2D eigenvalue weighted by Gasteiger charge is -2.23. The molecule has 2 heterocycles. The number of rotatable bonds is 3. The van der Waals surface area contributed by atoms with Crippen molar-refractivity contribution in [3.63, 3.8) is 0 Å². The van der Waals surface area contributed by atoms with Crippen molar-refractivity contribution < 1.29 is 5.03 Å². The molecule has 1 aromatic heterocycles. The van der Waals surface area contributed by atoms with Crippen LogP contribution in [0.4, 0.5) is 5.82 Å². The second-order valence-corrected chi connectivity index (χ2v) is 3.85. The quantitative estimate of drug-likeness (QED) is 0.598. The van der Waals surface area contributed by atoms with Gasteiger partial charge in [0, 0.05) is 12.2 Å². The zero-order valence-electron chi connectivity index (χ0n) is 8.85. The Morgan fingerprint density at radius 2 is 2.38 bits per heavy atom. The maximum absolute atomic E-state index is 10.2. The van der Waals surface area contributed by atoms with Crippen LogP contribution in [0.3, 0.4) is 0 Å². The molecule has 1 atom stereocenters. The highest BCUT2D eigenvalue weighted by molar-refractivity contribution is 5.33. The summed E-state index contributed by atoms with van der Waals surface area (Å²) in [5, 5.41) is 13.0. The van der Waals surface area contributed by atoms with Crippen LogP contribution in [0.1, 0.15) is 30.9 Å². The van der Waals surface area contributed by atoms with Gasteiger partial charge in [0.1, 0.15) is 0 Å². The summed E-state index contributed by atoms with van der Waals surface area (Å²) in [7, 11) is 0. The van der Waals surface area contributed by atoms with Gasteiger partial charge in [0.25, 0.3) is 0 Å². The summed E-state index contributed by atoms with van der Waals surface area (Å²) in [5.41, 5.74) is 3.12. The van der Waals surface area contributed by atoms with Gasteiger partial charge >= 0.3 is 0 Å². The molecule has 0 spiro atoms. The van der Waals surface area contributed by atoms with Gasteiger partial charge in [-0.05, 0) is 31.0 Å². The summed E-state index contributed by atoms with van der Waals surface area (Å²) in [6.07, 6.45) is 5.22. The van der Waals surface area contributed by atoms with Gasteiger partial charge in [-0.15, -0.1) is 0 Å². The molecule has 86 valence electrons. The molecule has 2 rings (SSSR count). The van der Waals surface area contributed by atoms with Crippen molar-refractivity contribution in [3.8, 4) is 0 Å². The van der Waals surface area contributed by atoms with Crippen molar-refractivity contribution in [2.45, 2.75) is 25.3 Å². The smallest absolute Gasteiger partial charge is 0.190 e. The molecule has 1 aliphatic rings. The highest BCUT2D eigenvalue weighted by Gasteiger charge is 2.14. The minimum Gasteiger partial charge on any atom is -0.310 e. The lowest BCUT2D eigenvalue weighted by Crippen LogP contribution is -2.26. The van der Waals surface area contributed by atoms with Crippen molar-refractivity contribution in [3.05, 3.63) is 34.0 Å². The standard InChI is InChI=1S/C10H14N4O2/c15-14(16)13-10-5-4-8(7-12-10)9-3-1-2-6-11-9/h4-5,7,9,11H,1-3,6H2,(H,12,13). The van der Waals surface area contributed by atoms with Crippen molar-refractivity contribution >= 4 is 5.82 Å². The number of pyridine rings is 1. The summed E-state index contributed by atoms with van der Waals surface area (Å²) in [6, 6.07) is 3.85. The predicted molar refractivity (Wildman–Crippen MR) is 59.4 cm³/mol. The second kappa shape index (κ2) is 4.89. The van der Waals surface area contributed by atoms with Gasteiger partial charge in [0.2, 0.25) is 0 Å². The van der Waals surface area contributed by atoms with Crippen LogP contribution in [0.2, 0.25) is 0 Å². The first kappa shape index (κ1) is 10.8. The largest absolute Gasteiger partial charge is 0.310 e. The molecule has 1 aliphatic heterocycles. The number of piperidine rings is 1. The van der Waals surface area contributed by atoms with Gasteiger partial charge in [-0.25, -0.2) is 15.1 Å². The summed E-state index contributed by atoms with van der Waals surface area (Å²) >= 11 is 0. The van der Waals surface area contributed by atoms with Crippen LogP contribution in [-0.2, 0) is 0 Å². The maximum atomic E-state index is 10.2. The van der Waals surface area contributed by atoms with E-state index >= 15 is 0 Å². The number of aromatic nitrogens is 1. The van der Waals surface area contributed by atoms with Crippen LogP contribution in [0.25, 0.3) is 0 Å². The number of nitro groups is 1. The number of hydrogen-bond donors (Lipinski definition) is 2. The van der Waals surface area contributed by atoms with Crippen LogP contribution in [-0.4, -0.2) is 16.6 Å². The van der Waals surface area contributed by atoms with Crippen molar-refractivity contribution in [1.82, 2.24) is 10.3 Å². The van der Waals surface area contributed by atoms with Crippen LogP contribution in [0, 0.1) is 10.1 Å². The Kier molecular flexibility index (Phi) is 3.31. The molecule has 1 unspecified atom stereocenters. The van der Waals surface area contributed by atoms with Crippen molar-refractivity contribution in [2.24, 2.45) is 0 Å². The number of nitrogens with zero attached hydrogens (tertiary/aromatic N) is 2. The Hall–Kier alpha value is -1.69. The Morgan fingerprint density at radius 3 is 2.94 bits per heavy atom. The normalized spacial score (nSPS) is 20.4. The molecular weight excluding hydrogens is 208 g/mol. The molecule has 0 aromatic carbocycles. The fourth-order valence-corrected chi connectivity index (χ4v) is 1.91. The van der Waals surface area contributed by atoms with Crippen molar-refractivity contribution in [2.75, 3.05) is 12.0 Å². The van der Waals surface area contributed by atoms with E-state index in [-0.39, 0.29) is 5.82 Å². The second-order valence-electron chi connectivity index (χ2n) is 3.85. The molecule has 16 heavy (non-hydrogen) atoms. The van der Waals surface area contributed by atoms with Gasteiger partial charge in [-0.2, -0.15) is 0 Å². The number of anilines is 1. The molecule has 0 bridgehead atoms. The third kappa shape index (κ3) is 2.66. The Morgan fingerprint density at radius 1 is 1.50 bits per heavy atom. The number of hydrogen-bond acceptors (Lipinski definition) is 4. The third-order valence-electron chi connectivity index (χ3n) is 2.70. The Labute approximate surface area is 93.2 Å². The van der Waals surface area contributed by atoms with E-state index in [0.717, 1.165) is 18.5 Å². The molecule has 0 radical (unpaired) electrons. The van der Waals surface area contributed by atoms with Crippen LogP contribution < -0.4 is 10.7 Å². The van der Waals surface area contributed by atoms with E-state index in [2.05, 4.69) is 10.3 Å². The van der Waals surface area contributed by atoms with E-state index in [1.54, 1.807) is 12.3 Å². The van der Waals surface area contributed by atoms with Crippen LogP contribution >= 0.6 is 0 Å². The van der Waals surface area contributed by atoms with E-state index in [0.29, 0.717) is 6.04 Å². The molecule has 2 N–H and O–H groups in total. The first-order valence-electron chi connectivity index (χ1n) is 5.36. The molecule has 0 aliphatic carbocycles. The minimum atomic E-state index is -0.610. The molecule has 0 saturated carbocycles. The Balaban J connectivity index is 2.03. The van der Waals surface area contributed by atoms with E-state index in [9.17, 15) is 10.1 Å². The molecular formula is C10H14N4O2. The first-order valence-corrected chi connectivity index (χ1v) is 5.36.